The van der Waals surface area contributed by atoms with Crippen LogP contribution in [0.2, 0.25) is 0 Å². The maximum atomic E-state index is 4.57. The molecule has 0 nitrogen and oxygen atoms in total. The summed E-state index contributed by atoms with van der Waals surface area (Å²) in [4.78, 5) is 0. The van der Waals surface area contributed by atoms with E-state index in [0.29, 0.717) is 0 Å². The molecule has 0 atom stereocenters. The van der Waals surface area contributed by atoms with Crippen molar-refractivity contribution in [2.24, 2.45) is 0 Å². The molecule has 0 saturated heterocycles. The van der Waals surface area contributed by atoms with Crippen molar-refractivity contribution in [2.75, 3.05) is 18.5 Å². The molecule has 0 heterocycles. The van der Waals surface area contributed by atoms with Gasteiger partial charge in [0.2, 0.25) is 0 Å². The Morgan fingerprint density at radius 2 is 0.812 bits per heavy atom. The zero-order valence-electron chi connectivity index (χ0n) is 22.1. The first-order chi connectivity index (χ1) is 15.6. The van der Waals surface area contributed by atoms with Gasteiger partial charge in [-0.2, -0.15) is 0 Å². The van der Waals surface area contributed by atoms with Crippen LogP contribution in [0.1, 0.15) is 136 Å². The molecular formula is C30H56BrP. The molecule has 0 fully saturated rings. The van der Waals surface area contributed by atoms with E-state index in [-0.39, 0.29) is 0 Å². The summed E-state index contributed by atoms with van der Waals surface area (Å²) in [6, 6.07) is 11.6. The summed E-state index contributed by atoms with van der Waals surface area (Å²) >= 11 is 4.57. The number of rotatable bonds is 22. The van der Waals surface area contributed by atoms with E-state index < -0.39 is 5.31 Å². The first kappa shape index (κ1) is 30.2. The van der Waals surface area contributed by atoms with Gasteiger partial charge in [0.25, 0.3) is 0 Å². The van der Waals surface area contributed by atoms with Gasteiger partial charge >= 0.3 is 185 Å². The third kappa shape index (κ3) is 12.0. The predicted octanol–water partition coefficient (Wildman–Crippen LogP) is 11.3. The molecule has 0 aliphatic heterocycles. The second-order valence-corrected chi connectivity index (χ2v) is 21.0. The average molecular weight is 528 g/mol. The fraction of sp³-hybridized carbons (Fsp3) is 0.800. The number of hydrogen-bond donors (Lipinski definition) is 0. The summed E-state index contributed by atoms with van der Waals surface area (Å²) in [5.74, 6) is 0. The molecule has 0 N–H and O–H groups in total. The van der Waals surface area contributed by atoms with E-state index in [1.54, 1.807) is 5.30 Å². The second kappa shape index (κ2) is 18.5. The van der Waals surface area contributed by atoms with Crippen LogP contribution in [-0.2, 0) is 0 Å². The van der Waals surface area contributed by atoms with Crippen LogP contribution >= 0.6 is 20.8 Å². The number of hydrogen-bond acceptors (Lipinski definition) is 0. The summed E-state index contributed by atoms with van der Waals surface area (Å²) in [6.07, 6.45) is 29.8. The molecule has 1 aromatic carbocycles. The number of benzene rings is 1. The molecule has 0 amide bonds. The van der Waals surface area contributed by atoms with Crippen molar-refractivity contribution in [3.8, 4) is 0 Å². The maximum absolute atomic E-state index is 4.57. The van der Waals surface area contributed by atoms with Crippen LogP contribution in [0.25, 0.3) is 0 Å². The Bertz CT molecular complexity index is 533. The molecule has 0 bridgehead atoms. The van der Waals surface area contributed by atoms with Crippen molar-refractivity contribution in [3.63, 3.8) is 0 Å². The Morgan fingerprint density at radius 1 is 0.469 bits per heavy atom. The Balaban J connectivity index is 2.34. The Kier molecular flexibility index (Phi) is 17.4. The van der Waals surface area contributed by atoms with Gasteiger partial charge in [-0.1, -0.05) is 26.2 Å². The molecule has 0 aliphatic rings. The monoisotopic (exact) mass is 526 g/mol. The molecule has 0 aromatic heterocycles. The Hall–Kier alpha value is 0.130. The van der Waals surface area contributed by atoms with Gasteiger partial charge in [0.1, 0.15) is 0 Å². The first-order valence-corrected chi connectivity index (χ1v) is 19.2. The van der Waals surface area contributed by atoms with Gasteiger partial charge in [-0.25, -0.2) is 0 Å². The molecule has 1 aromatic rings. The van der Waals surface area contributed by atoms with Gasteiger partial charge in [0.15, 0.2) is 0 Å². The van der Waals surface area contributed by atoms with Crippen LogP contribution < -0.4 is 5.30 Å². The van der Waals surface area contributed by atoms with E-state index >= 15 is 0 Å². The molecule has 0 saturated carbocycles. The average Bonchev–Trinajstić information content (AvgIpc) is 2.82. The van der Waals surface area contributed by atoms with Gasteiger partial charge in [-0.05, 0) is 0 Å². The van der Waals surface area contributed by atoms with Crippen LogP contribution in [0.5, 0.6) is 0 Å². The van der Waals surface area contributed by atoms with Crippen LogP contribution in [0.4, 0.5) is 0 Å². The minimum atomic E-state index is -2.00. The third-order valence-electron chi connectivity index (χ3n) is 7.47. The number of halogens is 1. The van der Waals surface area contributed by atoms with Crippen LogP contribution in [0.3, 0.4) is 0 Å². The second-order valence-electron chi connectivity index (χ2n) is 10.4. The van der Waals surface area contributed by atoms with E-state index in [0.717, 1.165) is 0 Å². The van der Waals surface area contributed by atoms with E-state index in [1.807, 2.05) is 0 Å². The summed E-state index contributed by atoms with van der Waals surface area (Å²) < 4.78 is 0. The van der Waals surface area contributed by atoms with Crippen molar-refractivity contribution >= 4 is 26.1 Å². The van der Waals surface area contributed by atoms with Crippen molar-refractivity contribution < 1.29 is 0 Å². The SMILES string of the molecule is CCCCCCCCCCCCCCCCP(Br)(CCCC)(CCCC)c1ccccc1. The molecule has 0 spiro atoms. The van der Waals surface area contributed by atoms with Crippen molar-refractivity contribution in [2.45, 2.75) is 136 Å². The van der Waals surface area contributed by atoms with Crippen LogP contribution in [0.15, 0.2) is 30.3 Å². The van der Waals surface area contributed by atoms with E-state index in [1.165, 1.54) is 134 Å². The van der Waals surface area contributed by atoms with Crippen LogP contribution in [0, 0.1) is 0 Å². The summed E-state index contributed by atoms with van der Waals surface area (Å²) in [5, 5.41) is -0.352. The topological polar surface area (TPSA) is 0 Å². The van der Waals surface area contributed by atoms with E-state index in [4.69, 9.17) is 0 Å². The van der Waals surface area contributed by atoms with Gasteiger partial charge in [0, 0.05) is 0 Å². The first-order valence-electron chi connectivity index (χ1n) is 14.4. The molecule has 0 aliphatic carbocycles. The van der Waals surface area contributed by atoms with Crippen LogP contribution in [-0.4, -0.2) is 18.5 Å². The standard InChI is InChI=1S/C30H56BrP/c1-4-7-10-11-12-13-14-15-16-17-18-19-20-24-29-32(31,27-8-5-2,28-9-6-3)30-25-22-21-23-26-30/h21-23,25-26H,4-20,24,27-29H2,1-3H3. The van der Waals surface area contributed by atoms with Crippen molar-refractivity contribution in [1.82, 2.24) is 0 Å². The molecule has 188 valence electrons. The fourth-order valence-corrected chi connectivity index (χ4v) is 13.6. The molecule has 2 heteroatoms. The fourth-order valence-electron chi connectivity index (χ4n) is 5.23. The van der Waals surface area contributed by atoms with E-state index in [9.17, 15) is 0 Å². The van der Waals surface area contributed by atoms with Gasteiger partial charge in [-0.15, -0.1) is 0 Å². The minimum absolute atomic E-state index is 1.31. The van der Waals surface area contributed by atoms with E-state index in [2.05, 4.69) is 66.6 Å². The Morgan fingerprint density at radius 3 is 1.22 bits per heavy atom. The Labute approximate surface area is 210 Å². The van der Waals surface area contributed by atoms with Crippen molar-refractivity contribution in [1.29, 1.82) is 0 Å². The molecule has 0 radical (unpaired) electrons. The molecule has 1 rings (SSSR count). The van der Waals surface area contributed by atoms with Gasteiger partial charge in [0.05, 0.1) is 0 Å². The summed E-state index contributed by atoms with van der Waals surface area (Å²) in [6.45, 7) is 7.01. The summed E-state index contributed by atoms with van der Waals surface area (Å²) in [7, 11) is 0. The van der Waals surface area contributed by atoms with Crippen molar-refractivity contribution in [3.05, 3.63) is 30.3 Å². The predicted molar refractivity (Wildman–Crippen MR) is 157 cm³/mol. The molecular weight excluding hydrogens is 471 g/mol. The quantitative estimate of drug-likeness (QED) is 0.104. The molecule has 0 unspecified atom stereocenters. The summed E-state index contributed by atoms with van der Waals surface area (Å²) in [5.41, 5.74) is 0. The normalized spacial score (nSPS) is 13.2. The van der Waals surface area contributed by atoms with Gasteiger partial charge in [-0.3, -0.25) is 0 Å². The van der Waals surface area contributed by atoms with Gasteiger partial charge < -0.3 is 0 Å². The third-order valence-corrected chi connectivity index (χ3v) is 17.5. The molecule has 32 heavy (non-hydrogen) atoms. The number of unbranched alkanes of at least 4 members (excludes halogenated alkanes) is 15. The zero-order chi connectivity index (χ0) is 23.4. The zero-order valence-corrected chi connectivity index (χ0v) is 24.5.